The third-order valence-electron chi connectivity index (χ3n) is 11.4. The molecule has 1 aromatic rings. The highest BCUT2D eigenvalue weighted by molar-refractivity contribution is 5.91. The molecule has 2 saturated carbocycles. The molecule has 13 atom stereocenters. The number of ether oxygens (including phenoxy) is 9. The minimum Gasteiger partial charge on any atom is -0.465 e. The van der Waals surface area contributed by atoms with E-state index in [-0.39, 0.29) is 11.3 Å². The van der Waals surface area contributed by atoms with Crippen molar-refractivity contribution in [2.75, 3.05) is 13.2 Å². The molecule has 56 heavy (non-hydrogen) atoms. The molecule has 0 N–H and O–H groups in total. The minimum absolute atomic E-state index is 0.00998. The fraction of sp³-hybridized carbons (Fsp3) is 0.658. The standard InChI is InChI=1S/C38H47NO17/c1-16-17(2)34(46)55-28-18(3)38-31(52-22(7)43)26(36(10,56-38)14-49-35(47)25-12-11-13-39-27(16)25)29(50-20(5)41)32(53-23(8)44)37(38,15-48-19(4)40)33(54-24(9)45)30(28)51-21(6)42/h11-13,16-18,26,28-33H,14-15H2,1-10H3/t16-,17+,18-,26-,28-,29-,30+,31-,32-,33+,36+,37-,38-/m1/s1. The maximum absolute atomic E-state index is 14.3. The molecule has 1 spiro atoms. The number of cyclic esters (lactones) is 1. The second-order valence-electron chi connectivity index (χ2n) is 15.1. The van der Waals surface area contributed by atoms with Crippen molar-refractivity contribution in [3.8, 4) is 0 Å². The summed E-state index contributed by atoms with van der Waals surface area (Å²) >= 11 is 0. The van der Waals surface area contributed by atoms with Crippen LogP contribution in [-0.4, -0.2) is 114 Å². The molecule has 1 saturated heterocycles. The molecule has 0 radical (unpaired) electrons. The number of esters is 8. The van der Waals surface area contributed by atoms with Crippen LogP contribution in [0.3, 0.4) is 0 Å². The van der Waals surface area contributed by atoms with Gasteiger partial charge in [0, 0.05) is 59.6 Å². The largest absolute Gasteiger partial charge is 0.465 e. The molecule has 306 valence electrons. The second kappa shape index (κ2) is 15.4. The molecule has 0 amide bonds. The molecule has 0 unspecified atom stereocenters. The maximum atomic E-state index is 14.3. The average Bonchev–Trinajstić information content (AvgIpc) is 3.31. The molecule has 1 aromatic heterocycles. The van der Waals surface area contributed by atoms with Crippen LogP contribution in [0.25, 0.3) is 0 Å². The van der Waals surface area contributed by atoms with Gasteiger partial charge in [-0.05, 0) is 19.1 Å². The number of pyridine rings is 1. The average molecular weight is 790 g/mol. The van der Waals surface area contributed by atoms with Crippen LogP contribution in [0.1, 0.15) is 91.2 Å². The number of rotatable bonds is 7. The smallest absolute Gasteiger partial charge is 0.340 e. The zero-order valence-electron chi connectivity index (χ0n) is 32.8. The van der Waals surface area contributed by atoms with E-state index in [4.69, 9.17) is 42.6 Å². The van der Waals surface area contributed by atoms with E-state index in [0.717, 1.165) is 41.5 Å². The van der Waals surface area contributed by atoms with Crippen LogP contribution in [0.4, 0.5) is 0 Å². The van der Waals surface area contributed by atoms with Crippen LogP contribution < -0.4 is 0 Å². The summed E-state index contributed by atoms with van der Waals surface area (Å²) in [6, 6.07) is 2.96. The summed E-state index contributed by atoms with van der Waals surface area (Å²) in [5.41, 5.74) is -6.19. The number of nitrogens with zero attached hydrogens (tertiary/aromatic N) is 1. The number of aromatic nitrogens is 1. The van der Waals surface area contributed by atoms with Crippen molar-refractivity contribution in [3.05, 3.63) is 29.6 Å². The van der Waals surface area contributed by atoms with Gasteiger partial charge in [-0.15, -0.1) is 0 Å². The highest BCUT2D eigenvalue weighted by Gasteiger charge is 2.88. The van der Waals surface area contributed by atoms with Crippen molar-refractivity contribution >= 4 is 47.8 Å². The van der Waals surface area contributed by atoms with Gasteiger partial charge in [0.2, 0.25) is 0 Å². The molecule has 18 nitrogen and oxygen atoms in total. The Morgan fingerprint density at radius 2 is 1.29 bits per heavy atom. The molecule has 18 heteroatoms. The van der Waals surface area contributed by atoms with E-state index in [1.165, 1.54) is 39.1 Å². The Morgan fingerprint density at radius 3 is 1.84 bits per heavy atom. The molecule has 3 fully saturated rings. The lowest BCUT2D eigenvalue weighted by Gasteiger charge is -2.65. The Kier molecular flexibility index (Phi) is 11.6. The zero-order valence-corrected chi connectivity index (χ0v) is 32.8. The van der Waals surface area contributed by atoms with Crippen LogP contribution >= 0.6 is 0 Å². The van der Waals surface area contributed by atoms with E-state index in [2.05, 4.69) is 4.98 Å². The van der Waals surface area contributed by atoms with Crippen LogP contribution in [-0.2, 0) is 76.2 Å². The topological polar surface area (TPSA) is 233 Å². The van der Waals surface area contributed by atoms with Gasteiger partial charge in [-0.1, -0.05) is 20.8 Å². The highest BCUT2D eigenvalue weighted by atomic mass is 16.7. The van der Waals surface area contributed by atoms with Gasteiger partial charge in [0.25, 0.3) is 0 Å². The summed E-state index contributed by atoms with van der Waals surface area (Å²) in [6.07, 6.45) is -8.94. The van der Waals surface area contributed by atoms with E-state index < -0.39 is 138 Å². The van der Waals surface area contributed by atoms with Crippen LogP contribution in [0.2, 0.25) is 0 Å². The van der Waals surface area contributed by atoms with Crippen molar-refractivity contribution in [2.24, 2.45) is 23.2 Å². The third kappa shape index (κ3) is 6.96. The first-order chi connectivity index (χ1) is 26.1. The highest BCUT2D eigenvalue weighted by Crippen LogP contribution is 2.69. The number of carbonyl (C=O) groups excluding carboxylic acids is 8. The number of hydrogen-bond acceptors (Lipinski definition) is 18. The van der Waals surface area contributed by atoms with Crippen molar-refractivity contribution in [1.29, 1.82) is 0 Å². The SMILES string of the molecule is CC(=O)OC[C@]12[C@H](OC(C)=O)[C@H](OC(C)=O)[C@@H]3[C@@H](OC(C)=O)[C@@]14O[C@@]3(C)COC(=O)c1cccnc1[C@H](C)[C@H](C)C(=O)O[C@@H]([C@H](OC(C)=O)[C@@H]2OC(C)=O)[C@H]4C. The van der Waals surface area contributed by atoms with Crippen LogP contribution in [0.15, 0.2) is 18.3 Å². The Balaban J connectivity index is 1.97. The van der Waals surface area contributed by atoms with Gasteiger partial charge in [-0.25, -0.2) is 4.79 Å². The first-order valence-electron chi connectivity index (χ1n) is 18.1. The van der Waals surface area contributed by atoms with Crippen LogP contribution in [0.5, 0.6) is 0 Å². The summed E-state index contributed by atoms with van der Waals surface area (Å²) in [6.45, 7) is 11.0. The van der Waals surface area contributed by atoms with Gasteiger partial charge in [-0.3, -0.25) is 38.5 Å². The Morgan fingerprint density at radius 1 is 0.750 bits per heavy atom. The molecule has 3 heterocycles. The lowest BCUT2D eigenvalue weighted by molar-refractivity contribution is -0.349. The Hall–Kier alpha value is -5.13. The predicted molar refractivity (Wildman–Crippen MR) is 184 cm³/mol. The predicted octanol–water partition coefficient (Wildman–Crippen LogP) is 1.92. The van der Waals surface area contributed by atoms with Gasteiger partial charge in [0.1, 0.15) is 48.1 Å². The number of carbonyl (C=O) groups is 8. The van der Waals surface area contributed by atoms with Crippen molar-refractivity contribution in [3.63, 3.8) is 0 Å². The molecular formula is C38H47NO17. The summed E-state index contributed by atoms with van der Waals surface area (Å²) in [5.74, 6) is -11.8. The number of hydrogen-bond donors (Lipinski definition) is 0. The zero-order chi connectivity index (χ0) is 41.7. The Labute approximate surface area is 322 Å². The molecule has 0 aromatic carbocycles. The Bertz CT molecular complexity index is 1810. The molecule has 2 aliphatic heterocycles. The molecular weight excluding hydrogens is 742 g/mol. The van der Waals surface area contributed by atoms with E-state index in [1.54, 1.807) is 6.92 Å². The van der Waals surface area contributed by atoms with Crippen LogP contribution in [0, 0.1) is 23.2 Å². The second-order valence-corrected chi connectivity index (χ2v) is 15.1. The van der Waals surface area contributed by atoms with Crippen molar-refractivity contribution in [2.45, 2.75) is 123 Å². The summed E-state index contributed by atoms with van der Waals surface area (Å²) < 4.78 is 55.1. The maximum Gasteiger partial charge on any atom is 0.340 e. The lowest BCUT2D eigenvalue weighted by atomic mass is 9.46. The minimum atomic E-state index is -2.32. The third-order valence-corrected chi connectivity index (χ3v) is 11.4. The van der Waals surface area contributed by atoms with E-state index in [0.29, 0.717) is 0 Å². The van der Waals surface area contributed by atoms with E-state index in [9.17, 15) is 38.4 Å². The van der Waals surface area contributed by atoms with Gasteiger partial charge in [-0.2, -0.15) is 0 Å². The van der Waals surface area contributed by atoms with E-state index in [1.807, 2.05) is 0 Å². The van der Waals surface area contributed by atoms with Gasteiger partial charge >= 0.3 is 47.8 Å². The van der Waals surface area contributed by atoms with Gasteiger partial charge in [0.05, 0.1) is 23.1 Å². The van der Waals surface area contributed by atoms with Crippen molar-refractivity contribution < 1.29 is 81.0 Å². The molecule has 5 rings (SSSR count). The lowest BCUT2D eigenvalue weighted by Crippen LogP contribution is -2.84. The summed E-state index contributed by atoms with van der Waals surface area (Å²) in [7, 11) is 0. The molecule has 4 aliphatic rings. The fourth-order valence-electron chi connectivity index (χ4n) is 9.24. The molecule has 2 aliphatic carbocycles. The summed E-state index contributed by atoms with van der Waals surface area (Å²) in [4.78, 5) is 111. The normalized spacial score (nSPS) is 37.3. The van der Waals surface area contributed by atoms with Gasteiger partial charge in [0.15, 0.2) is 18.3 Å². The quantitative estimate of drug-likeness (QED) is 0.284. The van der Waals surface area contributed by atoms with Crippen molar-refractivity contribution in [1.82, 2.24) is 4.98 Å². The first-order valence-corrected chi connectivity index (χ1v) is 18.1. The molecule has 4 bridgehead atoms. The van der Waals surface area contributed by atoms with Gasteiger partial charge < -0.3 is 42.6 Å². The monoisotopic (exact) mass is 789 g/mol. The summed E-state index contributed by atoms with van der Waals surface area (Å²) in [5, 5.41) is 0. The fourth-order valence-corrected chi connectivity index (χ4v) is 9.24. The van der Waals surface area contributed by atoms with E-state index >= 15 is 0 Å². The number of fused-ring (bicyclic) bond motifs is 5. The first kappa shape index (κ1) is 42.0.